The standard InChI is InChI=1S/C11H20N2O3/c1-2-13(5-6-14)11(15)12-9-10-3-7-16-8-4-10/h9,14H,2-8H2,1H3,(H,12,15). The average molecular weight is 228 g/mol. The van der Waals surface area contributed by atoms with Gasteiger partial charge in [0.25, 0.3) is 0 Å². The molecule has 1 fully saturated rings. The molecule has 0 bridgehead atoms. The molecule has 0 radical (unpaired) electrons. The summed E-state index contributed by atoms with van der Waals surface area (Å²) in [5, 5.41) is 11.5. The van der Waals surface area contributed by atoms with Crippen molar-refractivity contribution < 1.29 is 14.6 Å². The van der Waals surface area contributed by atoms with Gasteiger partial charge in [-0.2, -0.15) is 0 Å². The molecule has 1 rings (SSSR count). The first-order valence-corrected chi connectivity index (χ1v) is 5.70. The summed E-state index contributed by atoms with van der Waals surface area (Å²) in [4.78, 5) is 13.2. The first-order valence-electron chi connectivity index (χ1n) is 5.70. The van der Waals surface area contributed by atoms with Gasteiger partial charge in [-0.15, -0.1) is 0 Å². The molecule has 1 heterocycles. The van der Waals surface area contributed by atoms with E-state index >= 15 is 0 Å². The van der Waals surface area contributed by atoms with Gasteiger partial charge in [0.05, 0.1) is 19.8 Å². The van der Waals surface area contributed by atoms with Gasteiger partial charge in [0.15, 0.2) is 0 Å². The average Bonchev–Trinajstić information content (AvgIpc) is 2.34. The number of amides is 2. The minimum Gasteiger partial charge on any atom is -0.395 e. The highest BCUT2D eigenvalue weighted by Gasteiger charge is 2.10. The molecular weight excluding hydrogens is 208 g/mol. The molecule has 16 heavy (non-hydrogen) atoms. The predicted octanol–water partition coefficient (Wildman–Crippen LogP) is 0.704. The number of rotatable bonds is 4. The normalized spacial score (nSPS) is 15.8. The summed E-state index contributed by atoms with van der Waals surface area (Å²) in [6, 6.07) is -0.157. The number of aliphatic hydroxyl groups excluding tert-OH is 1. The maximum absolute atomic E-state index is 11.6. The van der Waals surface area contributed by atoms with E-state index in [9.17, 15) is 4.79 Å². The fourth-order valence-corrected chi connectivity index (χ4v) is 1.56. The topological polar surface area (TPSA) is 61.8 Å². The first-order chi connectivity index (χ1) is 7.77. The van der Waals surface area contributed by atoms with Crippen molar-refractivity contribution in [1.82, 2.24) is 10.2 Å². The lowest BCUT2D eigenvalue weighted by Gasteiger charge is -2.20. The molecule has 0 saturated carbocycles. The highest BCUT2D eigenvalue weighted by molar-refractivity contribution is 5.75. The van der Waals surface area contributed by atoms with Gasteiger partial charge in [-0.25, -0.2) is 4.79 Å². The van der Waals surface area contributed by atoms with E-state index in [0.29, 0.717) is 13.1 Å². The lowest BCUT2D eigenvalue weighted by atomic mass is 10.1. The Hall–Kier alpha value is -1.07. The van der Waals surface area contributed by atoms with E-state index in [1.165, 1.54) is 5.57 Å². The van der Waals surface area contributed by atoms with Crippen molar-refractivity contribution >= 4 is 6.03 Å². The molecule has 5 nitrogen and oxygen atoms in total. The predicted molar refractivity (Wildman–Crippen MR) is 61.0 cm³/mol. The number of hydrogen-bond donors (Lipinski definition) is 2. The van der Waals surface area contributed by atoms with Gasteiger partial charge in [-0.1, -0.05) is 0 Å². The van der Waals surface area contributed by atoms with E-state index in [-0.39, 0.29) is 12.6 Å². The number of hydrogen-bond acceptors (Lipinski definition) is 3. The summed E-state index contributed by atoms with van der Waals surface area (Å²) >= 11 is 0. The van der Waals surface area contributed by atoms with Gasteiger partial charge in [0, 0.05) is 19.3 Å². The molecule has 2 N–H and O–H groups in total. The Bertz CT molecular complexity index is 246. The van der Waals surface area contributed by atoms with Crippen LogP contribution in [0.5, 0.6) is 0 Å². The van der Waals surface area contributed by atoms with E-state index in [4.69, 9.17) is 9.84 Å². The lowest BCUT2D eigenvalue weighted by molar-refractivity contribution is 0.118. The molecule has 2 amide bonds. The molecule has 92 valence electrons. The molecule has 0 aliphatic carbocycles. The third-order valence-corrected chi connectivity index (χ3v) is 2.57. The molecule has 1 saturated heterocycles. The SMILES string of the molecule is CCN(CCO)C(=O)NC=C1CCOCC1. The number of urea groups is 1. The van der Waals surface area contributed by atoms with Crippen molar-refractivity contribution in [2.45, 2.75) is 19.8 Å². The summed E-state index contributed by atoms with van der Waals surface area (Å²) in [6.45, 7) is 4.31. The van der Waals surface area contributed by atoms with Crippen LogP contribution in [0.15, 0.2) is 11.8 Å². The fourth-order valence-electron chi connectivity index (χ4n) is 1.56. The van der Waals surface area contributed by atoms with Crippen molar-refractivity contribution in [2.24, 2.45) is 0 Å². The number of likely N-dealkylation sites (N-methyl/N-ethyl adjacent to an activating group) is 1. The van der Waals surface area contributed by atoms with Crippen molar-refractivity contribution in [3.05, 3.63) is 11.8 Å². The van der Waals surface area contributed by atoms with Gasteiger partial charge in [0.1, 0.15) is 0 Å². The van der Waals surface area contributed by atoms with Crippen molar-refractivity contribution in [2.75, 3.05) is 32.9 Å². The van der Waals surface area contributed by atoms with Crippen LogP contribution in [0.25, 0.3) is 0 Å². The Morgan fingerprint density at radius 3 is 2.81 bits per heavy atom. The quantitative estimate of drug-likeness (QED) is 0.744. The van der Waals surface area contributed by atoms with Crippen LogP contribution in [-0.4, -0.2) is 48.9 Å². The number of aliphatic hydroxyl groups is 1. The number of carbonyl (C=O) groups excluding carboxylic acids is 1. The number of ether oxygens (including phenoxy) is 1. The van der Waals surface area contributed by atoms with Gasteiger partial charge < -0.3 is 20.1 Å². The number of carbonyl (C=O) groups is 1. The van der Waals surface area contributed by atoms with Gasteiger partial charge in [0.2, 0.25) is 0 Å². The van der Waals surface area contributed by atoms with Crippen molar-refractivity contribution in [3.8, 4) is 0 Å². The molecule has 1 aliphatic heterocycles. The van der Waals surface area contributed by atoms with E-state index in [1.807, 2.05) is 6.92 Å². The highest BCUT2D eigenvalue weighted by atomic mass is 16.5. The maximum Gasteiger partial charge on any atom is 0.321 e. The van der Waals surface area contributed by atoms with Crippen LogP contribution >= 0.6 is 0 Å². The second-order valence-electron chi connectivity index (χ2n) is 3.67. The third-order valence-electron chi connectivity index (χ3n) is 2.57. The Morgan fingerprint density at radius 2 is 2.25 bits per heavy atom. The molecule has 0 spiro atoms. The number of nitrogens with zero attached hydrogens (tertiary/aromatic N) is 1. The second-order valence-corrected chi connectivity index (χ2v) is 3.67. The zero-order valence-electron chi connectivity index (χ0n) is 9.74. The van der Waals surface area contributed by atoms with Gasteiger partial charge >= 0.3 is 6.03 Å². The van der Waals surface area contributed by atoms with E-state index in [0.717, 1.165) is 26.1 Å². The van der Waals surface area contributed by atoms with Crippen LogP contribution in [0.1, 0.15) is 19.8 Å². The van der Waals surface area contributed by atoms with E-state index in [1.54, 1.807) is 11.1 Å². The summed E-state index contributed by atoms with van der Waals surface area (Å²) < 4.78 is 5.22. The van der Waals surface area contributed by atoms with Crippen molar-refractivity contribution in [3.63, 3.8) is 0 Å². The van der Waals surface area contributed by atoms with Crippen molar-refractivity contribution in [1.29, 1.82) is 0 Å². The zero-order valence-corrected chi connectivity index (χ0v) is 9.74. The second kappa shape index (κ2) is 7.24. The smallest absolute Gasteiger partial charge is 0.321 e. The molecule has 5 heteroatoms. The Kier molecular flexibility index (Phi) is 5.88. The largest absolute Gasteiger partial charge is 0.395 e. The minimum atomic E-state index is -0.157. The monoisotopic (exact) mass is 228 g/mol. The highest BCUT2D eigenvalue weighted by Crippen LogP contribution is 2.11. The Labute approximate surface area is 96.1 Å². The van der Waals surface area contributed by atoms with E-state index in [2.05, 4.69) is 5.32 Å². The Balaban J connectivity index is 2.37. The van der Waals surface area contributed by atoms with Gasteiger partial charge in [-0.3, -0.25) is 0 Å². The number of nitrogens with one attached hydrogen (secondary N) is 1. The summed E-state index contributed by atoms with van der Waals surface area (Å²) in [5.74, 6) is 0. The fraction of sp³-hybridized carbons (Fsp3) is 0.727. The van der Waals surface area contributed by atoms with Crippen LogP contribution in [0.2, 0.25) is 0 Å². The molecule has 0 aromatic heterocycles. The van der Waals surface area contributed by atoms with Crippen LogP contribution in [0.3, 0.4) is 0 Å². The molecule has 0 aromatic rings. The Morgan fingerprint density at radius 1 is 1.56 bits per heavy atom. The van der Waals surface area contributed by atoms with Crippen LogP contribution in [0.4, 0.5) is 4.79 Å². The lowest BCUT2D eigenvalue weighted by Crippen LogP contribution is -2.39. The molecule has 0 atom stereocenters. The molecular formula is C11H20N2O3. The van der Waals surface area contributed by atoms with E-state index < -0.39 is 0 Å². The zero-order chi connectivity index (χ0) is 11.8. The van der Waals surface area contributed by atoms with Crippen LogP contribution in [-0.2, 0) is 4.74 Å². The first kappa shape index (κ1) is 13.0. The minimum absolute atomic E-state index is 0.00826. The summed E-state index contributed by atoms with van der Waals surface area (Å²) in [7, 11) is 0. The molecule has 0 aromatic carbocycles. The van der Waals surface area contributed by atoms with Crippen LogP contribution < -0.4 is 5.32 Å². The summed E-state index contributed by atoms with van der Waals surface area (Å²) in [6.07, 6.45) is 3.53. The van der Waals surface area contributed by atoms with Crippen LogP contribution in [0, 0.1) is 0 Å². The molecule has 0 unspecified atom stereocenters. The maximum atomic E-state index is 11.6. The third kappa shape index (κ3) is 4.20. The van der Waals surface area contributed by atoms with Gasteiger partial charge in [-0.05, 0) is 25.3 Å². The summed E-state index contributed by atoms with van der Waals surface area (Å²) in [5.41, 5.74) is 1.21. The molecule has 1 aliphatic rings.